The number of unbranched alkanes of at least 4 members (excludes halogenated alkanes) is 6. The molecule has 0 aliphatic heterocycles. The number of hydrogen-bond acceptors (Lipinski definition) is 0. The van der Waals surface area contributed by atoms with Crippen LogP contribution in [0.1, 0.15) is 146 Å². The second-order valence-electron chi connectivity index (χ2n) is 12.2. The van der Waals surface area contributed by atoms with Gasteiger partial charge in [0.15, 0.2) is 0 Å². The summed E-state index contributed by atoms with van der Waals surface area (Å²) in [5.41, 5.74) is 3.77. The van der Waals surface area contributed by atoms with E-state index < -0.39 is 0 Å². The summed E-state index contributed by atoms with van der Waals surface area (Å²) in [7, 11) is 0. The third kappa shape index (κ3) is 6.85. The summed E-state index contributed by atoms with van der Waals surface area (Å²) in [5.74, 6) is 4.31. The Morgan fingerprint density at radius 2 is 1.42 bits per heavy atom. The van der Waals surface area contributed by atoms with Crippen molar-refractivity contribution in [1.29, 1.82) is 0 Å². The predicted molar refractivity (Wildman–Crippen MR) is 140 cm³/mol. The first-order chi connectivity index (χ1) is 16.2. The monoisotopic (exact) mass is 454 g/mol. The molecule has 3 aliphatic carbocycles. The fourth-order valence-corrected chi connectivity index (χ4v) is 7.67. The number of benzene rings is 1. The molecule has 5 unspecified atom stereocenters. The van der Waals surface area contributed by atoms with Gasteiger partial charge in [-0.3, -0.25) is 0 Å². The van der Waals surface area contributed by atoms with Gasteiger partial charge in [0, 0.05) is 0 Å². The Kier molecular flexibility index (Phi) is 9.75. The molecule has 0 bridgehead atoms. The van der Waals surface area contributed by atoms with Crippen molar-refractivity contribution in [1.82, 2.24) is 0 Å². The van der Waals surface area contributed by atoms with Gasteiger partial charge >= 0.3 is 0 Å². The number of rotatable bonds is 11. The normalized spacial score (nSPS) is 29.5. The first kappa shape index (κ1) is 25.2. The van der Waals surface area contributed by atoms with Crippen molar-refractivity contribution in [3.05, 3.63) is 34.6 Å². The Balaban J connectivity index is 1.29. The molecule has 0 aromatic heterocycles. The largest absolute Gasteiger partial charge is 0.207 e. The van der Waals surface area contributed by atoms with Gasteiger partial charge in [-0.25, -0.2) is 4.39 Å². The minimum absolute atomic E-state index is 0.125. The minimum Gasteiger partial charge on any atom is -0.207 e. The Morgan fingerprint density at radius 1 is 0.727 bits per heavy atom. The SMILES string of the molecule is CCCCCCCC1CCc2cc(C3CCC4CC(CCCCC)CCC4C3)cc(F)c2C1. The van der Waals surface area contributed by atoms with Crippen LogP contribution in [0.2, 0.25) is 0 Å². The highest BCUT2D eigenvalue weighted by Crippen LogP contribution is 2.49. The zero-order chi connectivity index (χ0) is 23.0. The van der Waals surface area contributed by atoms with E-state index in [2.05, 4.69) is 19.9 Å². The molecule has 1 aromatic carbocycles. The van der Waals surface area contributed by atoms with E-state index in [1.54, 1.807) is 0 Å². The first-order valence-corrected chi connectivity index (χ1v) is 15.0. The van der Waals surface area contributed by atoms with Crippen molar-refractivity contribution in [3.63, 3.8) is 0 Å². The number of hydrogen-bond donors (Lipinski definition) is 0. The zero-order valence-electron chi connectivity index (χ0n) is 21.9. The van der Waals surface area contributed by atoms with Crippen LogP contribution in [-0.4, -0.2) is 0 Å². The summed E-state index contributed by atoms with van der Waals surface area (Å²) in [6.45, 7) is 4.59. The zero-order valence-corrected chi connectivity index (χ0v) is 21.9. The molecular weight excluding hydrogens is 403 g/mol. The molecule has 1 aromatic rings. The quantitative estimate of drug-likeness (QED) is 0.292. The van der Waals surface area contributed by atoms with Crippen LogP contribution in [-0.2, 0) is 12.8 Å². The van der Waals surface area contributed by atoms with Crippen LogP contribution in [0.5, 0.6) is 0 Å². The van der Waals surface area contributed by atoms with E-state index in [0.29, 0.717) is 11.8 Å². The van der Waals surface area contributed by atoms with Crippen molar-refractivity contribution >= 4 is 0 Å². The third-order valence-corrected chi connectivity index (χ3v) is 9.75. The second kappa shape index (κ2) is 12.7. The summed E-state index contributed by atoms with van der Waals surface area (Å²) >= 11 is 0. The van der Waals surface area contributed by atoms with Crippen molar-refractivity contribution in [2.75, 3.05) is 0 Å². The van der Waals surface area contributed by atoms with Gasteiger partial charge in [-0.05, 0) is 104 Å². The Bertz CT molecular complexity index is 721. The molecule has 4 rings (SSSR count). The highest BCUT2D eigenvalue weighted by Gasteiger charge is 2.36. The van der Waals surface area contributed by atoms with Crippen LogP contribution in [0, 0.1) is 29.5 Å². The van der Waals surface area contributed by atoms with Gasteiger partial charge < -0.3 is 0 Å². The molecule has 0 amide bonds. The topological polar surface area (TPSA) is 0 Å². The molecule has 0 spiro atoms. The number of aryl methyl sites for hydroxylation is 1. The van der Waals surface area contributed by atoms with E-state index in [1.807, 2.05) is 6.07 Å². The van der Waals surface area contributed by atoms with Gasteiger partial charge in [0.1, 0.15) is 5.82 Å². The Hall–Kier alpha value is -0.850. The summed E-state index contributed by atoms with van der Waals surface area (Å²) < 4.78 is 15.3. The van der Waals surface area contributed by atoms with Crippen molar-refractivity contribution in [2.45, 2.75) is 142 Å². The van der Waals surface area contributed by atoms with Crippen LogP contribution >= 0.6 is 0 Å². The minimum atomic E-state index is 0.125. The smallest absolute Gasteiger partial charge is 0.126 e. The summed E-state index contributed by atoms with van der Waals surface area (Å²) in [6, 6.07) is 4.40. The lowest BCUT2D eigenvalue weighted by Gasteiger charge is -2.42. The third-order valence-electron chi connectivity index (χ3n) is 9.75. The lowest BCUT2D eigenvalue weighted by molar-refractivity contribution is 0.113. The van der Waals surface area contributed by atoms with Crippen molar-refractivity contribution < 1.29 is 4.39 Å². The maximum Gasteiger partial charge on any atom is 0.126 e. The van der Waals surface area contributed by atoms with E-state index in [4.69, 9.17) is 0 Å². The van der Waals surface area contributed by atoms with Crippen LogP contribution in [0.25, 0.3) is 0 Å². The molecule has 0 nitrogen and oxygen atoms in total. The second-order valence-corrected chi connectivity index (χ2v) is 12.2. The molecule has 1 heteroatoms. The van der Waals surface area contributed by atoms with E-state index >= 15 is 4.39 Å². The summed E-state index contributed by atoms with van der Waals surface area (Å²) in [6.07, 6.45) is 25.5. The average molecular weight is 455 g/mol. The van der Waals surface area contributed by atoms with Gasteiger partial charge in [0.25, 0.3) is 0 Å². The van der Waals surface area contributed by atoms with Gasteiger partial charge in [0.05, 0.1) is 0 Å². The van der Waals surface area contributed by atoms with Crippen molar-refractivity contribution in [3.8, 4) is 0 Å². The molecule has 2 saturated carbocycles. The van der Waals surface area contributed by atoms with Gasteiger partial charge in [0.2, 0.25) is 0 Å². The molecule has 33 heavy (non-hydrogen) atoms. The van der Waals surface area contributed by atoms with Gasteiger partial charge in [-0.2, -0.15) is 0 Å². The van der Waals surface area contributed by atoms with Gasteiger partial charge in [-0.15, -0.1) is 0 Å². The molecule has 0 radical (unpaired) electrons. The molecular formula is C32H51F. The van der Waals surface area contributed by atoms with E-state index in [9.17, 15) is 0 Å². The summed E-state index contributed by atoms with van der Waals surface area (Å²) in [5, 5.41) is 0. The van der Waals surface area contributed by atoms with Crippen LogP contribution < -0.4 is 0 Å². The highest BCUT2D eigenvalue weighted by molar-refractivity contribution is 5.37. The van der Waals surface area contributed by atoms with E-state index in [1.165, 1.54) is 120 Å². The van der Waals surface area contributed by atoms with E-state index in [-0.39, 0.29) is 5.82 Å². The molecule has 0 N–H and O–H groups in total. The molecule has 0 saturated heterocycles. The standard InChI is InChI=1S/C32H51F/c1-3-5-7-8-10-12-25-14-16-29-22-30(23-32(33)31(29)20-25)28-18-17-26-19-24(11-9-6-4-2)13-15-27(26)21-28/h22-28H,3-21H2,1-2H3. The number of fused-ring (bicyclic) bond motifs is 2. The predicted octanol–water partition coefficient (Wildman–Crippen LogP) is 10.2. The maximum absolute atomic E-state index is 15.3. The molecule has 2 fully saturated rings. The van der Waals surface area contributed by atoms with Crippen LogP contribution in [0.3, 0.4) is 0 Å². The van der Waals surface area contributed by atoms with Gasteiger partial charge in [-0.1, -0.05) is 90.5 Å². The fraction of sp³-hybridized carbons (Fsp3) is 0.812. The molecule has 5 atom stereocenters. The molecule has 3 aliphatic rings. The van der Waals surface area contributed by atoms with Crippen LogP contribution in [0.4, 0.5) is 4.39 Å². The lowest BCUT2D eigenvalue weighted by atomic mass is 9.63. The fourth-order valence-electron chi connectivity index (χ4n) is 7.67. The Labute approximate surface area is 204 Å². The van der Waals surface area contributed by atoms with E-state index in [0.717, 1.165) is 36.2 Å². The average Bonchev–Trinajstić information content (AvgIpc) is 2.84. The van der Waals surface area contributed by atoms with Crippen LogP contribution in [0.15, 0.2) is 12.1 Å². The number of halogens is 1. The molecule has 186 valence electrons. The first-order valence-electron chi connectivity index (χ1n) is 15.0. The van der Waals surface area contributed by atoms with Crippen molar-refractivity contribution in [2.24, 2.45) is 23.7 Å². The maximum atomic E-state index is 15.3. The summed E-state index contributed by atoms with van der Waals surface area (Å²) in [4.78, 5) is 0. The lowest BCUT2D eigenvalue weighted by Crippen LogP contribution is -2.30. The Morgan fingerprint density at radius 3 is 2.27 bits per heavy atom. The highest BCUT2D eigenvalue weighted by atomic mass is 19.1. The molecule has 0 heterocycles.